The van der Waals surface area contributed by atoms with E-state index in [1.165, 1.54) is 20.0 Å². The van der Waals surface area contributed by atoms with Crippen molar-refractivity contribution in [2.45, 2.75) is 13.8 Å². The van der Waals surface area contributed by atoms with Crippen LogP contribution in [0.15, 0.2) is 36.0 Å². The number of nitriles is 1. The Morgan fingerprint density at radius 1 is 1.25 bits per heavy atom. The largest absolute Gasteiger partial charge is 0.360 e. The summed E-state index contributed by atoms with van der Waals surface area (Å²) in [5.74, 6) is -1.42. The standard InChI is InChI=1S/C14H13N3O3/c1-9(18)11-4-3-5-13(6-11)16-8-12(7-15)14(20)17-10(2)19/h3-6,8,16H,1-2H3,(H,17,19,20)/b12-8+. The normalized spacial score (nSPS) is 10.3. The fourth-order valence-electron chi connectivity index (χ4n) is 1.36. The monoisotopic (exact) mass is 271 g/mol. The van der Waals surface area contributed by atoms with Crippen molar-refractivity contribution in [3.05, 3.63) is 41.6 Å². The van der Waals surface area contributed by atoms with E-state index in [0.29, 0.717) is 11.3 Å². The highest BCUT2D eigenvalue weighted by Gasteiger charge is 2.10. The van der Waals surface area contributed by atoms with Crippen molar-refractivity contribution in [2.75, 3.05) is 5.32 Å². The Kier molecular flexibility index (Phi) is 5.18. The molecule has 0 saturated carbocycles. The molecule has 0 unspecified atom stereocenters. The van der Waals surface area contributed by atoms with Gasteiger partial charge in [0.15, 0.2) is 5.78 Å². The molecule has 1 rings (SSSR count). The van der Waals surface area contributed by atoms with Crippen LogP contribution in [0.5, 0.6) is 0 Å². The van der Waals surface area contributed by atoms with Crippen LogP contribution in [0.4, 0.5) is 5.69 Å². The van der Waals surface area contributed by atoms with Gasteiger partial charge in [0.05, 0.1) is 0 Å². The van der Waals surface area contributed by atoms with Crippen molar-refractivity contribution in [3.63, 3.8) is 0 Å². The predicted molar refractivity (Wildman–Crippen MR) is 72.6 cm³/mol. The second-order valence-corrected chi connectivity index (χ2v) is 3.96. The van der Waals surface area contributed by atoms with Crippen LogP contribution in [0.25, 0.3) is 0 Å². The predicted octanol–water partition coefficient (Wildman–Crippen LogP) is 1.37. The lowest BCUT2D eigenvalue weighted by Crippen LogP contribution is -2.29. The maximum absolute atomic E-state index is 11.5. The maximum Gasteiger partial charge on any atom is 0.269 e. The molecular weight excluding hydrogens is 258 g/mol. The van der Waals surface area contributed by atoms with Crippen molar-refractivity contribution < 1.29 is 14.4 Å². The number of ketones is 1. The van der Waals surface area contributed by atoms with Gasteiger partial charge in [0.2, 0.25) is 5.91 Å². The zero-order valence-electron chi connectivity index (χ0n) is 11.1. The summed E-state index contributed by atoms with van der Waals surface area (Å²) in [5, 5.41) is 13.6. The molecular formula is C14H13N3O3. The van der Waals surface area contributed by atoms with E-state index in [2.05, 4.69) is 5.32 Å². The Bertz CT molecular complexity index is 627. The van der Waals surface area contributed by atoms with E-state index >= 15 is 0 Å². The molecule has 2 amide bonds. The van der Waals surface area contributed by atoms with Gasteiger partial charge in [0.25, 0.3) is 5.91 Å². The van der Waals surface area contributed by atoms with Gasteiger partial charge in [-0.05, 0) is 19.1 Å². The highest BCUT2D eigenvalue weighted by molar-refractivity contribution is 6.06. The minimum absolute atomic E-state index is 0.0903. The van der Waals surface area contributed by atoms with Crippen molar-refractivity contribution >= 4 is 23.3 Å². The van der Waals surface area contributed by atoms with E-state index in [0.717, 1.165) is 0 Å². The summed E-state index contributed by atoms with van der Waals surface area (Å²) in [6.07, 6.45) is 1.18. The number of imide groups is 1. The number of rotatable bonds is 4. The van der Waals surface area contributed by atoms with Crippen LogP contribution in [0.1, 0.15) is 24.2 Å². The topological polar surface area (TPSA) is 99.1 Å². The summed E-state index contributed by atoms with van der Waals surface area (Å²) in [6.45, 7) is 2.62. The number of Topliss-reactive ketones (excluding diaryl/α,β-unsaturated/α-hetero) is 1. The number of benzene rings is 1. The molecule has 6 heteroatoms. The third-order valence-electron chi connectivity index (χ3n) is 2.31. The first-order valence-electron chi connectivity index (χ1n) is 5.73. The lowest BCUT2D eigenvalue weighted by molar-refractivity contribution is -0.126. The van der Waals surface area contributed by atoms with Gasteiger partial charge in [0.1, 0.15) is 11.6 Å². The molecule has 0 aliphatic heterocycles. The van der Waals surface area contributed by atoms with E-state index in [4.69, 9.17) is 5.26 Å². The highest BCUT2D eigenvalue weighted by atomic mass is 16.2. The third kappa shape index (κ3) is 4.38. The molecule has 0 aliphatic rings. The van der Waals surface area contributed by atoms with Gasteiger partial charge in [0, 0.05) is 24.4 Å². The number of nitrogens with one attached hydrogen (secondary N) is 2. The first-order valence-corrected chi connectivity index (χ1v) is 5.73. The molecule has 1 aromatic rings. The molecule has 0 saturated heterocycles. The smallest absolute Gasteiger partial charge is 0.269 e. The van der Waals surface area contributed by atoms with Crippen LogP contribution < -0.4 is 10.6 Å². The molecule has 0 spiro atoms. The molecule has 20 heavy (non-hydrogen) atoms. The average molecular weight is 271 g/mol. The molecule has 102 valence electrons. The van der Waals surface area contributed by atoms with Crippen LogP contribution in [0, 0.1) is 11.3 Å². The van der Waals surface area contributed by atoms with E-state index in [9.17, 15) is 14.4 Å². The van der Waals surface area contributed by atoms with Crippen LogP contribution in [-0.4, -0.2) is 17.6 Å². The van der Waals surface area contributed by atoms with Crippen LogP contribution in [0.2, 0.25) is 0 Å². The number of carbonyl (C=O) groups is 3. The molecule has 0 heterocycles. The number of anilines is 1. The Hall–Kier alpha value is -2.94. The van der Waals surface area contributed by atoms with Gasteiger partial charge in [-0.1, -0.05) is 12.1 Å². The van der Waals surface area contributed by atoms with Gasteiger partial charge >= 0.3 is 0 Å². The summed E-state index contributed by atoms with van der Waals surface area (Å²) in [4.78, 5) is 33.4. The number of amides is 2. The van der Waals surface area contributed by atoms with Crippen LogP contribution in [-0.2, 0) is 9.59 Å². The first-order chi connectivity index (χ1) is 9.43. The molecule has 0 aliphatic carbocycles. The van der Waals surface area contributed by atoms with E-state index in [1.54, 1.807) is 30.3 Å². The minimum Gasteiger partial charge on any atom is -0.360 e. The van der Waals surface area contributed by atoms with Crippen molar-refractivity contribution in [1.82, 2.24) is 5.32 Å². The summed E-state index contributed by atoms with van der Waals surface area (Å²) in [5.41, 5.74) is 0.824. The Morgan fingerprint density at radius 3 is 2.50 bits per heavy atom. The van der Waals surface area contributed by atoms with Crippen molar-refractivity contribution in [3.8, 4) is 6.07 Å². The molecule has 0 radical (unpaired) electrons. The van der Waals surface area contributed by atoms with Gasteiger partial charge < -0.3 is 5.32 Å². The molecule has 0 bridgehead atoms. The zero-order valence-corrected chi connectivity index (χ0v) is 11.1. The average Bonchev–Trinajstić information content (AvgIpc) is 2.39. The minimum atomic E-state index is -0.782. The lowest BCUT2D eigenvalue weighted by atomic mass is 10.1. The first kappa shape index (κ1) is 15.1. The third-order valence-corrected chi connectivity index (χ3v) is 2.31. The Labute approximate surface area is 116 Å². The van der Waals surface area contributed by atoms with Gasteiger partial charge in [-0.3, -0.25) is 19.7 Å². The molecule has 0 fully saturated rings. The summed E-state index contributed by atoms with van der Waals surface area (Å²) < 4.78 is 0. The quantitative estimate of drug-likeness (QED) is 0.489. The lowest BCUT2D eigenvalue weighted by Gasteiger charge is -2.04. The van der Waals surface area contributed by atoms with Crippen LogP contribution in [0.3, 0.4) is 0 Å². The maximum atomic E-state index is 11.5. The fraction of sp³-hybridized carbons (Fsp3) is 0.143. The second-order valence-electron chi connectivity index (χ2n) is 3.96. The van der Waals surface area contributed by atoms with E-state index in [1.807, 2.05) is 5.32 Å². The van der Waals surface area contributed by atoms with Gasteiger partial charge in [-0.15, -0.1) is 0 Å². The Balaban J connectivity index is 2.87. The fourth-order valence-corrected chi connectivity index (χ4v) is 1.36. The summed E-state index contributed by atoms with van der Waals surface area (Å²) in [6, 6.07) is 8.29. The molecule has 0 aromatic heterocycles. The number of nitrogens with zero attached hydrogens (tertiary/aromatic N) is 1. The van der Waals surface area contributed by atoms with Gasteiger partial charge in [-0.25, -0.2) is 0 Å². The zero-order chi connectivity index (χ0) is 15.1. The SMILES string of the molecule is CC(=O)NC(=O)/C(C#N)=C/Nc1cccc(C(C)=O)c1. The van der Waals surface area contributed by atoms with E-state index < -0.39 is 11.8 Å². The summed E-state index contributed by atoms with van der Waals surface area (Å²) >= 11 is 0. The summed E-state index contributed by atoms with van der Waals surface area (Å²) in [7, 11) is 0. The van der Waals surface area contributed by atoms with Crippen molar-refractivity contribution in [2.24, 2.45) is 0 Å². The number of hydrogen-bond acceptors (Lipinski definition) is 5. The number of carbonyl (C=O) groups excluding carboxylic acids is 3. The van der Waals surface area contributed by atoms with Crippen molar-refractivity contribution in [1.29, 1.82) is 5.26 Å². The molecule has 0 atom stereocenters. The molecule has 1 aromatic carbocycles. The molecule has 6 nitrogen and oxygen atoms in total. The van der Waals surface area contributed by atoms with Gasteiger partial charge in [-0.2, -0.15) is 5.26 Å². The number of hydrogen-bond donors (Lipinski definition) is 2. The van der Waals surface area contributed by atoms with E-state index in [-0.39, 0.29) is 11.4 Å². The second kappa shape index (κ2) is 6.85. The Morgan fingerprint density at radius 2 is 1.95 bits per heavy atom. The highest BCUT2D eigenvalue weighted by Crippen LogP contribution is 2.11. The van der Waals surface area contributed by atoms with Crippen LogP contribution >= 0.6 is 0 Å². The molecule has 2 N–H and O–H groups in total.